The van der Waals surface area contributed by atoms with Gasteiger partial charge < -0.3 is 0 Å². The van der Waals surface area contributed by atoms with E-state index in [9.17, 15) is 13.2 Å². The zero-order valence-corrected chi connectivity index (χ0v) is 22.6. The van der Waals surface area contributed by atoms with E-state index in [-0.39, 0.29) is 23.2 Å². The Morgan fingerprint density at radius 3 is 2.80 bits per heavy atom. The van der Waals surface area contributed by atoms with Gasteiger partial charge in [-0.1, -0.05) is 35.1 Å². The first-order valence-corrected chi connectivity index (χ1v) is 15.5. The van der Waals surface area contributed by atoms with E-state index >= 15 is 0 Å². The van der Waals surface area contributed by atoms with Crippen LogP contribution in [-0.4, -0.2) is 47.4 Å². The van der Waals surface area contributed by atoms with E-state index in [1.165, 1.54) is 21.7 Å². The minimum absolute atomic E-state index is 0.144. The lowest BCUT2D eigenvalue weighted by Crippen LogP contribution is -2.47. The maximum Gasteiger partial charge on any atom is 0.253 e. The average Bonchev–Trinajstić information content (AvgIpc) is 3.62. The minimum Gasteiger partial charge on any atom is -0.282 e. The van der Waals surface area contributed by atoms with Gasteiger partial charge in [0, 0.05) is 23.8 Å². The number of aromatic nitrogens is 2. The van der Waals surface area contributed by atoms with E-state index in [0.717, 1.165) is 32.0 Å². The molecule has 4 aromatic rings. The summed E-state index contributed by atoms with van der Waals surface area (Å²) in [5.41, 5.74) is 1.68. The Kier molecular flexibility index (Phi) is 7.16. The molecular weight excluding hydrogens is 544 g/mol. The third kappa shape index (κ3) is 4.85. The van der Waals surface area contributed by atoms with E-state index in [0.29, 0.717) is 22.3 Å². The molecule has 3 aromatic heterocycles. The molecule has 1 saturated heterocycles. The number of carbonyl (C=O) groups is 1. The number of benzene rings is 1. The molecule has 1 amide bonds. The van der Waals surface area contributed by atoms with Crippen LogP contribution >= 0.6 is 46.0 Å². The topological polar surface area (TPSA) is 83.5 Å². The number of pyridine rings is 1. The number of hydrogen-bond donors (Lipinski definition) is 0. The molecular formula is C23H21ClN4O3S4. The summed E-state index contributed by atoms with van der Waals surface area (Å²) in [7, 11) is -3.85. The standard InChI is InChI=1S/C23H21ClN4O3S4/c1-32-17-7-2-8-18-21(17)26-23(33-18)27(14-15-5-3-11-25-13-15)22(29)16-6-4-12-28(16)35(30,31)20-10-9-19(24)34-20/h2-3,5,7-11,13,16H,4,6,12,14H2,1H3. The Bertz CT molecular complexity index is 1470. The fraction of sp³-hybridized carbons (Fsp3) is 0.261. The van der Waals surface area contributed by atoms with Gasteiger partial charge in [-0.15, -0.1) is 23.1 Å². The molecule has 1 aromatic carbocycles. The highest BCUT2D eigenvalue weighted by molar-refractivity contribution is 7.98. The van der Waals surface area contributed by atoms with Crippen LogP contribution in [0.25, 0.3) is 10.2 Å². The molecule has 182 valence electrons. The lowest BCUT2D eigenvalue weighted by molar-refractivity contribution is -0.121. The molecule has 1 atom stereocenters. The highest BCUT2D eigenvalue weighted by Crippen LogP contribution is 2.37. The maximum absolute atomic E-state index is 14.0. The monoisotopic (exact) mass is 564 g/mol. The van der Waals surface area contributed by atoms with Crippen molar-refractivity contribution in [3.05, 3.63) is 64.8 Å². The molecule has 0 radical (unpaired) electrons. The Morgan fingerprint density at radius 1 is 1.23 bits per heavy atom. The first-order chi connectivity index (χ1) is 16.9. The number of nitrogens with zero attached hydrogens (tertiary/aromatic N) is 4. The number of thioether (sulfide) groups is 1. The van der Waals surface area contributed by atoms with E-state index < -0.39 is 16.1 Å². The van der Waals surface area contributed by atoms with Crippen molar-refractivity contribution in [2.24, 2.45) is 0 Å². The average molecular weight is 565 g/mol. The van der Waals surface area contributed by atoms with Crippen LogP contribution in [0.15, 0.2) is 64.0 Å². The van der Waals surface area contributed by atoms with Crippen LogP contribution in [0.2, 0.25) is 4.34 Å². The van der Waals surface area contributed by atoms with Crippen LogP contribution in [0.4, 0.5) is 5.13 Å². The van der Waals surface area contributed by atoms with Crippen molar-refractivity contribution in [1.29, 1.82) is 0 Å². The van der Waals surface area contributed by atoms with Crippen molar-refractivity contribution in [1.82, 2.24) is 14.3 Å². The van der Waals surface area contributed by atoms with Crippen LogP contribution in [-0.2, 0) is 21.4 Å². The zero-order chi connectivity index (χ0) is 24.6. The second-order valence-corrected chi connectivity index (χ2v) is 13.6. The van der Waals surface area contributed by atoms with Gasteiger partial charge in [-0.3, -0.25) is 14.7 Å². The van der Waals surface area contributed by atoms with Crippen molar-refractivity contribution in [2.45, 2.75) is 34.5 Å². The van der Waals surface area contributed by atoms with Crippen molar-refractivity contribution in [2.75, 3.05) is 17.7 Å². The zero-order valence-electron chi connectivity index (χ0n) is 18.6. The first-order valence-electron chi connectivity index (χ1n) is 10.8. The number of carbonyl (C=O) groups excluding carboxylic acids is 1. The van der Waals surface area contributed by atoms with Gasteiger partial charge >= 0.3 is 0 Å². The number of thiophene rings is 1. The summed E-state index contributed by atoms with van der Waals surface area (Å²) >= 11 is 10.0. The van der Waals surface area contributed by atoms with Gasteiger partial charge in [-0.05, 0) is 55.0 Å². The summed E-state index contributed by atoms with van der Waals surface area (Å²) in [4.78, 5) is 25.6. The van der Waals surface area contributed by atoms with E-state index in [1.54, 1.807) is 35.1 Å². The summed E-state index contributed by atoms with van der Waals surface area (Å²) < 4.78 is 29.6. The molecule has 7 nitrogen and oxygen atoms in total. The molecule has 0 spiro atoms. The molecule has 0 saturated carbocycles. The number of sulfonamides is 1. The van der Waals surface area contributed by atoms with Gasteiger partial charge in [0.15, 0.2) is 5.13 Å². The molecule has 0 N–H and O–H groups in total. The van der Waals surface area contributed by atoms with E-state index in [2.05, 4.69) is 4.98 Å². The quantitative estimate of drug-likeness (QED) is 0.275. The van der Waals surface area contributed by atoms with Crippen LogP contribution < -0.4 is 4.90 Å². The molecule has 12 heteroatoms. The van der Waals surface area contributed by atoms with Gasteiger partial charge in [0.1, 0.15) is 10.3 Å². The summed E-state index contributed by atoms with van der Waals surface area (Å²) in [5.74, 6) is -0.290. The molecule has 0 aliphatic carbocycles. The number of hydrogen-bond acceptors (Lipinski definition) is 8. The number of anilines is 1. The van der Waals surface area contributed by atoms with Gasteiger partial charge in [0.2, 0.25) is 5.91 Å². The van der Waals surface area contributed by atoms with Crippen molar-refractivity contribution in [3.8, 4) is 0 Å². The molecule has 1 unspecified atom stereocenters. The smallest absolute Gasteiger partial charge is 0.253 e. The van der Waals surface area contributed by atoms with Gasteiger partial charge in [-0.25, -0.2) is 13.4 Å². The second-order valence-electron chi connectivity index (χ2n) is 7.92. The number of thiazole rings is 1. The van der Waals surface area contributed by atoms with Gasteiger partial charge in [0.25, 0.3) is 10.0 Å². The molecule has 35 heavy (non-hydrogen) atoms. The van der Waals surface area contributed by atoms with Crippen LogP contribution in [0.1, 0.15) is 18.4 Å². The Hall–Kier alpha value is -2.02. The van der Waals surface area contributed by atoms with Crippen LogP contribution in [0, 0.1) is 0 Å². The van der Waals surface area contributed by atoms with E-state index in [4.69, 9.17) is 16.6 Å². The maximum atomic E-state index is 14.0. The third-order valence-electron chi connectivity index (χ3n) is 5.75. The number of fused-ring (bicyclic) bond motifs is 1. The third-order valence-corrected chi connectivity index (χ3v) is 11.2. The predicted octanol–water partition coefficient (Wildman–Crippen LogP) is 5.51. The summed E-state index contributed by atoms with van der Waals surface area (Å²) in [5, 5.41) is 0.541. The number of halogens is 1. The molecule has 0 bridgehead atoms. The Labute approximate surface area is 220 Å². The molecule has 1 fully saturated rings. The second kappa shape index (κ2) is 10.2. The highest BCUT2D eigenvalue weighted by Gasteiger charge is 2.42. The molecule has 4 heterocycles. The largest absolute Gasteiger partial charge is 0.282 e. The van der Waals surface area contributed by atoms with E-state index in [1.807, 2.05) is 36.6 Å². The number of rotatable bonds is 7. The normalized spacial score (nSPS) is 16.7. The van der Waals surface area contributed by atoms with Gasteiger partial charge in [0.05, 0.1) is 21.1 Å². The fourth-order valence-corrected chi connectivity index (χ4v) is 9.00. The number of para-hydroxylation sites is 1. The Morgan fingerprint density at radius 2 is 2.09 bits per heavy atom. The Balaban J connectivity index is 1.54. The minimum atomic E-state index is -3.85. The molecule has 5 rings (SSSR count). The van der Waals surface area contributed by atoms with Crippen molar-refractivity contribution < 1.29 is 13.2 Å². The summed E-state index contributed by atoms with van der Waals surface area (Å²) in [6, 6.07) is 11.9. The predicted molar refractivity (Wildman–Crippen MR) is 143 cm³/mol. The summed E-state index contributed by atoms with van der Waals surface area (Å²) in [6.07, 6.45) is 6.42. The summed E-state index contributed by atoms with van der Waals surface area (Å²) in [6.45, 7) is 0.530. The molecule has 1 aliphatic rings. The first kappa shape index (κ1) is 24.7. The molecule has 1 aliphatic heterocycles. The van der Waals surface area contributed by atoms with Gasteiger partial charge in [-0.2, -0.15) is 4.31 Å². The van der Waals surface area contributed by atoms with Crippen molar-refractivity contribution in [3.63, 3.8) is 0 Å². The number of amides is 1. The lowest BCUT2D eigenvalue weighted by atomic mass is 10.2. The van der Waals surface area contributed by atoms with Crippen LogP contribution in [0.3, 0.4) is 0 Å². The highest BCUT2D eigenvalue weighted by atomic mass is 35.5. The van der Waals surface area contributed by atoms with Crippen LogP contribution in [0.5, 0.6) is 0 Å². The van der Waals surface area contributed by atoms with Crippen molar-refractivity contribution >= 4 is 77.3 Å². The lowest BCUT2D eigenvalue weighted by Gasteiger charge is -2.28. The SMILES string of the molecule is CSc1cccc2sc(N(Cc3cccnc3)C(=O)C3CCCN3S(=O)(=O)c3ccc(Cl)s3)nc12. The fourth-order valence-electron chi connectivity index (χ4n) is 4.11.